The second-order valence-corrected chi connectivity index (χ2v) is 4.02. The van der Waals surface area contributed by atoms with E-state index >= 15 is 0 Å². The lowest BCUT2D eigenvalue weighted by atomic mass is 9.85. The fourth-order valence-electron chi connectivity index (χ4n) is 2.74. The van der Waals surface area contributed by atoms with Crippen molar-refractivity contribution < 1.29 is 9.90 Å². The lowest BCUT2D eigenvalue weighted by Crippen LogP contribution is -2.21. The average molecular weight is 154 g/mol. The largest absolute Gasteiger partial charge is 0.393 e. The number of aliphatic hydroxyl groups is 1. The van der Waals surface area contributed by atoms with Gasteiger partial charge in [-0.2, -0.15) is 0 Å². The Morgan fingerprint density at radius 2 is 2.00 bits per heavy atom. The van der Waals surface area contributed by atoms with Gasteiger partial charge in [0.2, 0.25) is 0 Å². The van der Waals surface area contributed by atoms with Gasteiger partial charge in [-0.05, 0) is 37.5 Å². The predicted octanol–water partition coefficient (Wildman–Crippen LogP) is 0.982. The molecule has 0 aliphatic heterocycles. The normalized spacial score (nSPS) is 49.2. The first-order valence-corrected chi connectivity index (χ1v) is 4.43. The van der Waals surface area contributed by atoms with Crippen LogP contribution < -0.4 is 0 Å². The first kappa shape index (κ1) is 7.29. The number of aldehydes is 1. The van der Waals surface area contributed by atoms with Crippen molar-refractivity contribution in [2.24, 2.45) is 17.8 Å². The quantitative estimate of drug-likeness (QED) is 0.572. The fourth-order valence-corrected chi connectivity index (χ4v) is 2.74. The number of hydrogen-bond donors (Lipinski definition) is 1. The molecule has 4 unspecified atom stereocenters. The number of rotatable bonds is 1. The third-order valence-electron chi connectivity index (χ3n) is 3.20. The first-order valence-electron chi connectivity index (χ1n) is 4.43. The summed E-state index contributed by atoms with van der Waals surface area (Å²) >= 11 is 0. The van der Waals surface area contributed by atoms with Gasteiger partial charge in [0.15, 0.2) is 0 Å². The molecule has 0 aromatic rings. The van der Waals surface area contributed by atoms with Crippen LogP contribution in [0, 0.1) is 17.8 Å². The molecule has 1 N–H and O–H groups in total. The van der Waals surface area contributed by atoms with Gasteiger partial charge in [-0.1, -0.05) is 0 Å². The lowest BCUT2D eigenvalue weighted by molar-refractivity contribution is -0.112. The van der Waals surface area contributed by atoms with Gasteiger partial charge < -0.3 is 9.90 Å². The van der Waals surface area contributed by atoms with Crippen molar-refractivity contribution in [2.75, 3.05) is 0 Å². The molecule has 2 nitrogen and oxygen atoms in total. The molecule has 0 aromatic carbocycles. The van der Waals surface area contributed by atoms with Crippen molar-refractivity contribution in [3.05, 3.63) is 0 Å². The van der Waals surface area contributed by atoms with E-state index in [9.17, 15) is 9.90 Å². The molecular formula is C9H14O2. The van der Waals surface area contributed by atoms with Gasteiger partial charge in [-0.3, -0.25) is 0 Å². The smallest absolute Gasteiger partial charge is 0.123 e. The Kier molecular flexibility index (Phi) is 1.72. The minimum Gasteiger partial charge on any atom is -0.393 e. The molecule has 2 heteroatoms. The third kappa shape index (κ3) is 1.20. The highest BCUT2D eigenvalue weighted by atomic mass is 16.3. The molecule has 0 amide bonds. The van der Waals surface area contributed by atoms with E-state index < -0.39 is 0 Å². The van der Waals surface area contributed by atoms with Gasteiger partial charge in [0.1, 0.15) is 6.29 Å². The van der Waals surface area contributed by atoms with Crippen molar-refractivity contribution in [2.45, 2.75) is 31.8 Å². The van der Waals surface area contributed by atoms with Crippen LogP contribution in [0.25, 0.3) is 0 Å². The topological polar surface area (TPSA) is 37.3 Å². The molecule has 0 spiro atoms. The minimum absolute atomic E-state index is 0.122. The summed E-state index contributed by atoms with van der Waals surface area (Å²) < 4.78 is 0. The second-order valence-electron chi connectivity index (χ2n) is 4.02. The predicted molar refractivity (Wildman–Crippen MR) is 41.0 cm³/mol. The van der Waals surface area contributed by atoms with Crippen LogP contribution in [0.3, 0.4) is 0 Å². The molecule has 4 atom stereocenters. The van der Waals surface area contributed by atoms with Crippen LogP contribution in [0.4, 0.5) is 0 Å². The number of carbonyl (C=O) groups is 1. The molecule has 2 bridgehead atoms. The summed E-state index contributed by atoms with van der Waals surface area (Å²) in [6.07, 6.45) is 4.97. The zero-order chi connectivity index (χ0) is 7.84. The van der Waals surface area contributed by atoms with Gasteiger partial charge in [0.25, 0.3) is 0 Å². The fraction of sp³-hybridized carbons (Fsp3) is 0.889. The summed E-state index contributed by atoms with van der Waals surface area (Å²) in [5.41, 5.74) is 0. The van der Waals surface area contributed by atoms with Crippen LogP contribution in [0.5, 0.6) is 0 Å². The summed E-state index contributed by atoms with van der Waals surface area (Å²) in [6.45, 7) is 0. The Bertz CT molecular complexity index is 167. The number of fused-ring (bicyclic) bond motifs is 2. The van der Waals surface area contributed by atoms with Crippen molar-refractivity contribution in [1.29, 1.82) is 0 Å². The van der Waals surface area contributed by atoms with Gasteiger partial charge in [0.05, 0.1) is 6.10 Å². The van der Waals surface area contributed by atoms with Crippen molar-refractivity contribution in [3.8, 4) is 0 Å². The van der Waals surface area contributed by atoms with Gasteiger partial charge in [-0.15, -0.1) is 0 Å². The standard InChI is InChI=1S/C9H14O2/c10-5-8-2-6-1-7(8)4-9(11)3-6/h5-9,11H,1-4H2. The van der Waals surface area contributed by atoms with E-state index in [4.69, 9.17) is 0 Å². The van der Waals surface area contributed by atoms with E-state index in [2.05, 4.69) is 0 Å². The molecule has 2 fully saturated rings. The number of aliphatic hydroxyl groups excluding tert-OH is 1. The summed E-state index contributed by atoms with van der Waals surface area (Å²) in [5, 5.41) is 9.39. The Hall–Kier alpha value is -0.370. The highest BCUT2D eigenvalue weighted by Crippen LogP contribution is 2.44. The summed E-state index contributed by atoms with van der Waals surface area (Å²) in [7, 11) is 0. The maximum absolute atomic E-state index is 10.6. The van der Waals surface area contributed by atoms with Crippen LogP contribution in [-0.4, -0.2) is 17.5 Å². The maximum atomic E-state index is 10.6. The first-order chi connectivity index (χ1) is 5.29. The SMILES string of the molecule is O=CC1CC2CC(O)CC1C2. The van der Waals surface area contributed by atoms with Crippen LogP contribution in [0.2, 0.25) is 0 Å². The van der Waals surface area contributed by atoms with E-state index in [0.717, 1.165) is 25.5 Å². The zero-order valence-corrected chi connectivity index (χ0v) is 6.57. The Balaban J connectivity index is 2.07. The van der Waals surface area contributed by atoms with Gasteiger partial charge >= 0.3 is 0 Å². The molecule has 0 heterocycles. The van der Waals surface area contributed by atoms with Crippen LogP contribution in [0.1, 0.15) is 25.7 Å². The van der Waals surface area contributed by atoms with Crippen LogP contribution in [-0.2, 0) is 4.79 Å². The molecule has 62 valence electrons. The highest BCUT2D eigenvalue weighted by Gasteiger charge is 2.39. The van der Waals surface area contributed by atoms with Crippen molar-refractivity contribution in [1.82, 2.24) is 0 Å². The zero-order valence-electron chi connectivity index (χ0n) is 6.57. The molecule has 2 aliphatic carbocycles. The van der Waals surface area contributed by atoms with E-state index in [1.165, 1.54) is 6.42 Å². The van der Waals surface area contributed by atoms with E-state index in [1.807, 2.05) is 0 Å². The molecule has 2 aliphatic rings. The molecule has 2 rings (SSSR count). The van der Waals surface area contributed by atoms with Crippen LogP contribution >= 0.6 is 0 Å². The minimum atomic E-state index is -0.122. The molecule has 2 saturated carbocycles. The molecular weight excluding hydrogens is 140 g/mol. The number of carbonyl (C=O) groups excluding carboxylic acids is 1. The third-order valence-corrected chi connectivity index (χ3v) is 3.20. The van der Waals surface area contributed by atoms with E-state index in [0.29, 0.717) is 11.8 Å². The molecule has 11 heavy (non-hydrogen) atoms. The van der Waals surface area contributed by atoms with E-state index in [1.54, 1.807) is 0 Å². The van der Waals surface area contributed by atoms with Crippen LogP contribution in [0.15, 0.2) is 0 Å². The van der Waals surface area contributed by atoms with Crippen molar-refractivity contribution in [3.63, 3.8) is 0 Å². The Morgan fingerprint density at radius 3 is 2.73 bits per heavy atom. The number of hydrogen-bond acceptors (Lipinski definition) is 2. The second kappa shape index (κ2) is 2.59. The summed E-state index contributed by atoms with van der Waals surface area (Å²) in [6, 6.07) is 0. The Morgan fingerprint density at radius 1 is 1.18 bits per heavy atom. The summed E-state index contributed by atoms with van der Waals surface area (Å²) in [4.78, 5) is 10.6. The molecule has 0 saturated heterocycles. The van der Waals surface area contributed by atoms with E-state index in [-0.39, 0.29) is 12.0 Å². The maximum Gasteiger partial charge on any atom is 0.123 e. The molecule has 0 aromatic heterocycles. The lowest BCUT2D eigenvalue weighted by Gasteiger charge is -2.23. The average Bonchev–Trinajstić information content (AvgIpc) is 2.25. The Labute approximate surface area is 66.6 Å². The van der Waals surface area contributed by atoms with Gasteiger partial charge in [-0.25, -0.2) is 0 Å². The monoisotopic (exact) mass is 154 g/mol. The molecule has 0 radical (unpaired) electrons. The highest BCUT2D eigenvalue weighted by molar-refractivity contribution is 5.54. The van der Waals surface area contributed by atoms with Crippen molar-refractivity contribution >= 4 is 6.29 Å². The summed E-state index contributed by atoms with van der Waals surface area (Å²) in [5.74, 6) is 1.40. The van der Waals surface area contributed by atoms with Gasteiger partial charge in [0, 0.05) is 5.92 Å².